The van der Waals surface area contributed by atoms with Crippen molar-refractivity contribution in [1.82, 2.24) is 14.5 Å². The molecule has 0 fully saturated rings. The number of hydrogen-bond donors (Lipinski definition) is 1. The molecule has 0 atom stereocenters. The molecule has 4 nitrogen and oxygen atoms in total. The van der Waals surface area contributed by atoms with Crippen molar-refractivity contribution >= 4 is 24.3 Å². The van der Waals surface area contributed by atoms with E-state index in [4.69, 9.17) is 9.97 Å². The number of aromatic nitrogens is 3. The number of nitrogens with zero attached hydrogens (tertiary/aromatic N) is 3. The zero-order valence-corrected chi connectivity index (χ0v) is 33.6. The summed E-state index contributed by atoms with van der Waals surface area (Å²) in [6.45, 7) is 16.1. The van der Waals surface area contributed by atoms with Gasteiger partial charge in [0.15, 0.2) is 0 Å². The van der Waals surface area contributed by atoms with Crippen molar-refractivity contribution in [2.45, 2.75) is 59.2 Å². The van der Waals surface area contributed by atoms with Crippen LogP contribution in [0.2, 0.25) is 19.6 Å². The Labute approximate surface area is 317 Å². The van der Waals surface area contributed by atoms with Gasteiger partial charge in [0.25, 0.3) is 0 Å². The van der Waals surface area contributed by atoms with Crippen LogP contribution in [-0.2, 0) is 21.1 Å². The van der Waals surface area contributed by atoms with Crippen molar-refractivity contribution in [3.8, 4) is 56.5 Å². The summed E-state index contributed by atoms with van der Waals surface area (Å²) in [5.74, 6) is 1.63. The van der Waals surface area contributed by atoms with E-state index in [0.717, 1.165) is 44.9 Å². The van der Waals surface area contributed by atoms with E-state index in [2.05, 4.69) is 155 Å². The van der Waals surface area contributed by atoms with Gasteiger partial charge in [0.2, 0.25) is 0 Å². The van der Waals surface area contributed by atoms with Crippen molar-refractivity contribution in [3.63, 3.8) is 0 Å². The molecular formula is C45H44N3OPtSi-. The second-order valence-electron chi connectivity index (χ2n) is 14.8. The molecule has 6 heteroatoms. The molecule has 0 spiro atoms. The molecule has 0 unspecified atom stereocenters. The van der Waals surface area contributed by atoms with Crippen molar-refractivity contribution in [2.75, 3.05) is 0 Å². The molecule has 0 aliphatic rings. The van der Waals surface area contributed by atoms with Gasteiger partial charge in [0, 0.05) is 38.0 Å². The van der Waals surface area contributed by atoms with Gasteiger partial charge in [-0.1, -0.05) is 124 Å². The number of para-hydroxylation sites is 3. The Balaban J connectivity index is 0.00000448. The van der Waals surface area contributed by atoms with Crippen LogP contribution in [0.4, 0.5) is 0 Å². The summed E-state index contributed by atoms with van der Waals surface area (Å²) in [6, 6.07) is 45.7. The van der Waals surface area contributed by atoms with Gasteiger partial charge in [0.1, 0.15) is 5.75 Å². The fourth-order valence-corrected chi connectivity index (χ4v) is 7.87. The van der Waals surface area contributed by atoms with E-state index in [1.807, 2.05) is 18.2 Å². The molecule has 0 aliphatic heterocycles. The van der Waals surface area contributed by atoms with Crippen molar-refractivity contribution in [3.05, 3.63) is 139 Å². The summed E-state index contributed by atoms with van der Waals surface area (Å²) in [5.41, 5.74) is 12.4. The Bertz CT molecular complexity index is 2310. The van der Waals surface area contributed by atoms with Gasteiger partial charge in [-0.15, -0.1) is 24.3 Å². The molecule has 2 aromatic heterocycles. The van der Waals surface area contributed by atoms with E-state index in [-0.39, 0.29) is 38.7 Å². The van der Waals surface area contributed by atoms with Gasteiger partial charge >= 0.3 is 0 Å². The number of phenols is 1. The molecule has 51 heavy (non-hydrogen) atoms. The van der Waals surface area contributed by atoms with Crippen LogP contribution < -0.4 is 5.19 Å². The van der Waals surface area contributed by atoms with E-state index in [1.54, 1.807) is 6.07 Å². The minimum Gasteiger partial charge on any atom is -0.507 e. The number of benzene rings is 5. The van der Waals surface area contributed by atoms with Crippen molar-refractivity contribution < 1.29 is 26.2 Å². The summed E-state index contributed by atoms with van der Waals surface area (Å²) in [4.78, 5) is 10.4. The molecule has 0 saturated heterocycles. The number of fused-ring (bicyclic) bond motifs is 1. The van der Waals surface area contributed by atoms with Gasteiger partial charge in [0.05, 0.1) is 30.6 Å². The van der Waals surface area contributed by atoms with E-state index < -0.39 is 8.07 Å². The third-order valence-corrected chi connectivity index (χ3v) is 11.5. The van der Waals surface area contributed by atoms with E-state index in [9.17, 15) is 5.11 Å². The van der Waals surface area contributed by atoms with Gasteiger partial charge in [-0.05, 0) is 76.6 Å². The topological polar surface area (TPSA) is 50.9 Å². The molecule has 0 aliphatic carbocycles. The zero-order valence-electron chi connectivity index (χ0n) is 30.3. The third-order valence-electron chi connectivity index (χ3n) is 9.49. The maximum Gasteiger partial charge on any atom is 0.124 e. The van der Waals surface area contributed by atoms with Crippen LogP contribution in [0.1, 0.15) is 50.7 Å². The number of rotatable bonds is 8. The minimum absolute atomic E-state index is 0. The standard InChI is InChI=1S/C45H44N3OSi.Pt/c1-29(2)37-25-34(31-16-9-8-10-17-31)26-38(30(3)4)44(37)48-42-22-13-12-21-39(42)47-45(48)33-19-15-18-32(24-33)40-27-35(50(5,6)7)28-41(46-40)36-20-11-14-23-43(36)49;/h8-23,25-30,49H,1-7H3;/q-1;. The predicted octanol–water partition coefficient (Wildman–Crippen LogP) is 11.4. The zero-order chi connectivity index (χ0) is 35.2. The maximum atomic E-state index is 10.8. The predicted molar refractivity (Wildman–Crippen MR) is 212 cm³/mol. The molecule has 2 heterocycles. The average molecular weight is 866 g/mol. The number of imidazole rings is 1. The summed E-state index contributed by atoms with van der Waals surface area (Å²) in [6.07, 6.45) is 0. The third kappa shape index (κ3) is 7.15. The number of pyridine rings is 1. The Morgan fingerprint density at radius 3 is 1.90 bits per heavy atom. The number of hydrogen-bond acceptors (Lipinski definition) is 3. The first-order valence-corrected chi connectivity index (χ1v) is 21.0. The average Bonchev–Trinajstić information content (AvgIpc) is 3.50. The Morgan fingerprint density at radius 1 is 0.627 bits per heavy atom. The first kappa shape index (κ1) is 36.2. The normalized spacial score (nSPS) is 11.7. The second-order valence-corrected chi connectivity index (χ2v) is 19.9. The molecule has 0 bridgehead atoms. The fourth-order valence-electron chi connectivity index (χ4n) is 6.73. The van der Waals surface area contributed by atoms with Gasteiger partial charge < -0.3 is 9.67 Å². The van der Waals surface area contributed by atoms with Crippen molar-refractivity contribution in [2.24, 2.45) is 0 Å². The molecule has 260 valence electrons. The van der Waals surface area contributed by atoms with E-state index in [1.165, 1.54) is 33.1 Å². The minimum atomic E-state index is -1.75. The van der Waals surface area contributed by atoms with Crippen LogP contribution in [0.3, 0.4) is 0 Å². The molecule has 7 aromatic rings. The summed E-state index contributed by atoms with van der Waals surface area (Å²) >= 11 is 0. The monoisotopic (exact) mass is 865 g/mol. The van der Waals surface area contributed by atoms with Crippen LogP contribution in [-0.4, -0.2) is 27.7 Å². The second kappa shape index (κ2) is 14.6. The largest absolute Gasteiger partial charge is 0.507 e. The molecule has 1 N–H and O–H groups in total. The first-order chi connectivity index (χ1) is 24.0. The molecule has 0 radical (unpaired) electrons. The van der Waals surface area contributed by atoms with Crippen LogP contribution in [0.15, 0.2) is 121 Å². The Kier molecular flexibility index (Phi) is 10.4. The first-order valence-electron chi connectivity index (χ1n) is 17.5. The summed E-state index contributed by atoms with van der Waals surface area (Å²) < 4.78 is 2.36. The Hall–Kier alpha value is -4.57. The molecule has 5 aromatic carbocycles. The van der Waals surface area contributed by atoms with E-state index in [0.29, 0.717) is 0 Å². The smallest absolute Gasteiger partial charge is 0.124 e. The number of aromatic hydroxyl groups is 1. The van der Waals surface area contributed by atoms with E-state index >= 15 is 0 Å². The van der Waals surface area contributed by atoms with Crippen molar-refractivity contribution in [1.29, 1.82) is 0 Å². The maximum absolute atomic E-state index is 10.8. The molecular weight excluding hydrogens is 822 g/mol. The molecule has 7 rings (SSSR count). The SMILES string of the molecule is CC(C)c1cc(-c2ccccc2)cc(C(C)C)c1-n1c(-c2[c-]c(-c3cc([Si](C)(C)C)cc(-c4ccccc4O)n3)ccc2)nc2ccccc21.[Pt]. The van der Waals surface area contributed by atoms with Crippen LogP contribution in [0.25, 0.3) is 61.8 Å². The summed E-state index contributed by atoms with van der Waals surface area (Å²) in [7, 11) is -1.75. The van der Waals surface area contributed by atoms with Gasteiger partial charge in [-0.3, -0.25) is 9.97 Å². The van der Waals surface area contributed by atoms with Crippen LogP contribution in [0.5, 0.6) is 5.75 Å². The molecule has 0 saturated carbocycles. The quantitative estimate of drug-likeness (QED) is 0.122. The fraction of sp³-hybridized carbons (Fsp3) is 0.200. The van der Waals surface area contributed by atoms with Crippen LogP contribution in [0, 0.1) is 6.07 Å². The van der Waals surface area contributed by atoms with Gasteiger partial charge in [-0.2, -0.15) is 0 Å². The Morgan fingerprint density at radius 2 is 1.24 bits per heavy atom. The van der Waals surface area contributed by atoms with Crippen LogP contribution >= 0.6 is 0 Å². The van der Waals surface area contributed by atoms with Gasteiger partial charge in [-0.25, -0.2) is 0 Å². The molecule has 0 amide bonds. The summed E-state index contributed by atoms with van der Waals surface area (Å²) in [5, 5.41) is 12.0. The number of phenolic OH excluding ortho intramolecular Hbond substituents is 1.